The van der Waals surface area contributed by atoms with Gasteiger partial charge >= 0.3 is 5.97 Å². The van der Waals surface area contributed by atoms with Crippen molar-refractivity contribution in [2.75, 3.05) is 6.54 Å². The second-order valence-electron chi connectivity index (χ2n) is 14.4. The van der Waals surface area contributed by atoms with E-state index in [1.165, 1.54) is 12.1 Å². The number of rotatable bonds is 11. The Morgan fingerprint density at radius 2 is 1.72 bits per heavy atom. The Labute approximate surface area is 294 Å². The minimum absolute atomic E-state index is 0.0963. The average Bonchev–Trinajstić information content (AvgIpc) is 3.39. The van der Waals surface area contributed by atoms with Gasteiger partial charge in [0.05, 0.1) is 18.6 Å². The van der Waals surface area contributed by atoms with E-state index >= 15 is 0 Å². The fourth-order valence-electron chi connectivity index (χ4n) is 6.43. The smallest absolute Gasteiger partial charge is 0.308 e. The molecule has 1 aliphatic heterocycles. The quantitative estimate of drug-likeness (QED) is 0.160. The summed E-state index contributed by atoms with van der Waals surface area (Å²) in [6.07, 6.45) is 7.80. The van der Waals surface area contributed by atoms with Crippen LogP contribution < -0.4 is 5.32 Å². The number of halogens is 1. The van der Waals surface area contributed by atoms with E-state index < -0.39 is 23.6 Å². The molecule has 0 aliphatic carbocycles. The number of carbonyl (C=O) groups excluding carboxylic acids is 2. The molecule has 0 spiro atoms. The first-order chi connectivity index (χ1) is 23.7. The van der Waals surface area contributed by atoms with Gasteiger partial charge in [0.1, 0.15) is 17.1 Å². The van der Waals surface area contributed by atoms with Crippen LogP contribution in [0.1, 0.15) is 89.1 Å². The molecule has 4 aromatic rings. The molecule has 1 saturated heterocycles. The summed E-state index contributed by atoms with van der Waals surface area (Å²) in [5, 5.41) is 3.15. The first-order valence-corrected chi connectivity index (χ1v) is 17.2. The van der Waals surface area contributed by atoms with Crippen molar-refractivity contribution < 1.29 is 28.2 Å². The Kier molecular flexibility index (Phi) is 11.4. The van der Waals surface area contributed by atoms with Gasteiger partial charge in [-0.05, 0) is 95.9 Å². The molecule has 1 fully saturated rings. The zero-order chi connectivity index (χ0) is 36.1. The predicted octanol–water partition coefficient (Wildman–Crippen LogP) is 8.56. The third kappa shape index (κ3) is 9.34. The highest BCUT2D eigenvalue weighted by Crippen LogP contribution is 2.43. The number of amides is 1. The second kappa shape index (κ2) is 15.5. The maximum absolute atomic E-state index is 14.3. The summed E-state index contributed by atoms with van der Waals surface area (Å²) in [5.74, 6) is -1.85. The second-order valence-corrected chi connectivity index (χ2v) is 14.4. The van der Waals surface area contributed by atoms with Gasteiger partial charge in [0, 0.05) is 48.2 Å². The largest absolute Gasteiger partial charge is 0.460 e. The number of nitrogens with one attached hydrogen (secondary N) is 1. The van der Waals surface area contributed by atoms with E-state index in [4.69, 9.17) is 14.2 Å². The molecule has 2 aromatic heterocycles. The first kappa shape index (κ1) is 36.7. The number of carbonyl (C=O) groups is 2. The van der Waals surface area contributed by atoms with Gasteiger partial charge in [0.15, 0.2) is 5.79 Å². The monoisotopic (exact) mass is 681 g/mol. The summed E-state index contributed by atoms with van der Waals surface area (Å²) in [6.45, 7) is 13.7. The van der Waals surface area contributed by atoms with Crippen molar-refractivity contribution in [1.29, 1.82) is 0 Å². The van der Waals surface area contributed by atoms with Gasteiger partial charge in [-0.15, -0.1) is 0 Å². The van der Waals surface area contributed by atoms with Crippen LogP contribution in [0.3, 0.4) is 0 Å². The fraction of sp³-hybridized carbons (Fsp3) is 0.390. The van der Waals surface area contributed by atoms with Gasteiger partial charge in [0.2, 0.25) is 0 Å². The molecule has 264 valence electrons. The molecule has 0 unspecified atom stereocenters. The number of benzene rings is 2. The van der Waals surface area contributed by atoms with Crippen LogP contribution >= 0.6 is 0 Å². The first-order valence-electron chi connectivity index (χ1n) is 17.2. The molecule has 3 heterocycles. The third-order valence-electron chi connectivity index (χ3n) is 8.26. The molecule has 5 rings (SSSR count). The van der Waals surface area contributed by atoms with E-state index in [0.29, 0.717) is 25.1 Å². The average molecular weight is 682 g/mol. The molecule has 2 aromatic carbocycles. The Morgan fingerprint density at radius 3 is 2.36 bits per heavy atom. The molecule has 0 bridgehead atoms. The molecule has 50 heavy (non-hydrogen) atoms. The molecule has 0 radical (unpaired) electrons. The molecule has 9 heteroatoms. The number of nitrogens with zero attached hydrogens (tertiary/aromatic N) is 2. The third-order valence-corrected chi connectivity index (χ3v) is 8.26. The predicted molar refractivity (Wildman–Crippen MR) is 194 cm³/mol. The fourth-order valence-corrected chi connectivity index (χ4v) is 6.43. The van der Waals surface area contributed by atoms with Crippen LogP contribution in [0.15, 0.2) is 85.2 Å². The molecule has 0 saturated carbocycles. The molecular weight excluding hydrogens is 633 g/mol. The van der Waals surface area contributed by atoms with Crippen molar-refractivity contribution in [1.82, 2.24) is 14.9 Å². The number of aromatic nitrogens is 2. The maximum Gasteiger partial charge on any atom is 0.308 e. The molecular formula is C41H48FN3O5. The number of hydrogen-bond donors (Lipinski definition) is 1. The van der Waals surface area contributed by atoms with Gasteiger partial charge in [-0.1, -0.05) is 54.6 Å². The lowest BCUT2D eigenvalue weighted by Crippen LogP contribution is -2.45. The molecule has 8 nitrogen and oxygen atoms in total. The molecule has 1 aliphatic rings. The van der Waals surface area contributed by atoms with Gasteiger partial charge < -0.3 is 24.1 Å². The number of esters is 1. The Bertz CT molecular complexity index is 1790. The Hall–Kier alpha value is -4.60. The summed E-state index contributed by atoms with van der Waals surface area (Å²) in [5.41, 5.74) is 4.89. The van der Waals surface area contributed by atoms with Crippen molar-refractivity contribution in [2.24, 2.45) is 0 Å². The standard InChI is InChI=1S/C41H48FN3O5/c1-27(2)45-34(20-19-32-24-33(49-41(6,7)48-32)25-35(46)50-40(3,4)5)36(30-15-17-31(42)18-16-30)37(29-13-9-8-10-14-29)38(45)39(47)44-23-21-28-12-11-22-43-26-28/h8-20,22,26-27,32-33H,21,23-25H2,1-7H3,(H,44,47)/b20-19+/t32-,33-/m1/s1. The Balaban J connectivity index is 1.60. The summed E-state index contributed by atoms with van der Waals surface area (Å²) in [6, 6.07) is 19.9. The number of hydrogen-bond acceptors (Lipinski definition) is 6. The Morgan fingerprint density at radius 1 is 1.02 bits per heavy atom. The lowest BCUT2D eigenvalue weighted by atomic mass is 9.94. The zero-order valence-corrected chi connectivity index (χ0v) is 30.0. The topological polar surface area (TPSA) is 91.7 Å². The molecule has 2 atom stereocenters. The highest BCUT2D eigenvalue weighted by Gasteiger charge is 2.37. The summed E-state index contributed by atoms with van der Waals surface area (Å²) in [7, 11) is 0. The van der Waals surface area contributed by atoms with Gasteiger partial charge in [-0.25, -0.2) is 4.39 Å². The normalized spacial score (nSPS) is 17.6. The minimum atomic E-state index is -0.950. The van der Waals surface area contributed by atoms with Gasteiger partial charge in [-0.3, -0.25) is 14.6 Å². The summed E-state index contributed by atoms with van der Waals surface area (Å²) >= 11 is 0. The lowest BCUT2D eigenvalue weighted by Gasteiger charge is -2.39. The number of pyridine rings is 1. The van der Waals surface area contributed by atoms with Crippen LogP contribution in [0.25, 0.3) is 28.3 Å². The van der Waals surface area contributed by atoms with Crippen LogP contribution in [0.4, 0.5) is 4.39 Å². The summed E-state index contributed by atoms with van der Waals surface area (Å²) < 4.78 is 34.4. The SMILES string of the molecule is CC(C)n1c(/C=C/[C@@H]2C[C@H](CC(=O)OC(C)(C)C)OC(C)(C)O2)c(-c2ccc(F)cc2)c(-c2ccccc2)c1C(=O)NCCc1cccnc1. The summed E-state index contributed by atoms with van der Waals surface area (Å²) in [4.78, 5) is 31.3. The van der Waals surface area contributed by atoms with E-state index in [0.717, 1.165) is 33.5 Å². The van der Waals surface area contributed by atoms with Crippen molar-refractivity contribution >= 4 is 18.0 Å². The van der Waals surface area contributed by atoms with E-state index in [1.54, 1.807) is 24.5 Å². The van der Waals surface area contributed by atoms with Crippen molar-refractivity contribution in [3.05, 3.63) is 108 Å². The highest BCUT2D eigenvalue weighted by atomic mass is 19.1. The van der Waals surface area contributed by atoms with E-state index in [2.05, 4.69) is 10.3 Å². The van der Waals surface area contributed by atoms with Crippen molar-refractivity contribution in [3.63, 3.8) is 0 Å². The van der Waals surface area contributed by atoms with Crippen LogP contribution in [-0.2, 0) is 25.4 Å². The minimum Gasteiger partial charge on any atom is -0.460 e. The van der Waals surface area contributed by atoms with Crippen molar-refractivity contribution in [3.8, 4) is 22.3 Å². The molecule has 1 amide bonds. The maximum atomic E-state index is 14.3. The van der Waals surface area contributed by atoms with Crippen LogP contribution in [0.5, 0.6) is 0 Å². The zero-order valence-electron chi connectivity index (χ0n) is 30.0. The lowest BCUT2D eigenvalue weighted by molar-refractivity contribution is -0.290. The van der Waals surface area contributed by atoms with E-state index in [9.17, 15) is 14.0 Å². The van der Waals surface area contributed by atoms with Crippen LogP contribution in [-0.4, -0.2) is 51.6 Å². The molecule has 1 N–H and O–H groups in total. The number of ether oxygens (including phenoxy) is 3. The van der Waals surface area contributed by atoms with E-state index in [-0.39, 0.29) is 30.2 Å². The van der Waals surface area contributed by atoms with E-state index in [1.807, 2.05) is 108 Å². The van der Waals surface area contributed by atoms with Crippen LogP contribution in [0, 0.1) is 5.82 Å². The van der Waals surface area contributed by atoms with Crippen molar-refractivity contribution in [2.45, 2.75) is 97.4 Å². The van der Waals surface area contributed by atoms with Gasteiger partial charge in [0.25, 0.3) is 5.91 Å². The van der Waals surface area contributed by atoms with Crippen LogP contribution in [0.2, 0.25) is 0 Å². The van der Waals surface area contributed by atoms with Gasteiger partial charge in [-0.2, -0.15) is 0 Å². The highest BCUT2D eigenvalue weighted by molar-refractivity contribution is 6.06.